The highest BCUT2D eigenvalue weighted by atomic mass is 16.5. The van der Waals surface area contributed by atoms with E-state index in [0.29, 0.717) is 41.2 Å². The Kier molecular flexibility index (Phi) is 9.95. The Bertz CT molecular complexity index is 852. The van der Waals surface area contributed by atoms with E-state index < -0.39 is 5.60 Å². The molecule has 2 amide bonds. The highest BCUT2D eigenvalue weighted by molar-refractivity contribution is 6.04. The number of ether oxygens (including phenoxy) is 1. The monoisotopic (exact) mass is 430 g/mol. The Hall–Kier alpha value is -3.13. The van der Waals surface area contributed by atoms with E-state index in [1.165, 1.54) is 18.2 Å². The van der Waals surface area contributed by atoms with Crippen molar-refractivity contribution in [2.24, 2.45) is 5.73 Å². The number of pyridine rings is 1. The van der Waals surface area contributed by atoms with E-state index >= 15 is 0 Å². The van der Waals surface area contributed by atoms with Gasteiger partial charge in [-0.05, 0) is 65.7 Å². The van der Waals surface area contributed by atoms with Crippen molar-refractivity contribution in [1.29, 1.82) is 0 Å². The first-order valence-electron chi connectivity index (χ1n) is 10.1. The molecule has 8 nitrogen and oxygen atoms in total. The summed E-state index contributed by atoms with van der Waals surface area (Å²) in [6, 6.07) is 1.70. The average molecular weight is 431 g/mol. The summed E-state index contributed by atoms with van der Waals surface area (Å²) in [5.74, 6) is 0.0946. The first-order chi connectivity index (χ1) is 14.5. The lowest BCUT2D eigenvalue weighted by Crippen LogP contribution is -2.23. The highest BCUT2D eigenvalue weighted by Gasteiger charge is 2.13. The molecular weight excluding hydrogens is 396 g/mol. The van der Waals surface area contributed by atoms with Gasteiger partial charge in [-0.25, -0.2) is 0 Å². The fourth-order valence-corrected chi connectivity index (χ4v) is 2.42. The molecule has 1 rings (SSSR count). The second-order valence-corrected chi connectivity index (χ2v) is 8.13. The van der Waals surface area contributed by atoms with E-state index in [0.717, 1.165) is 6.41 Å². The van der Waals surface area contributed by atoms with Crippen LogP contribution in [0.4, 0.5) is 5.69 Å². The molecule has 0 aromatic carbocycles. The van der Waals surface area contributed by atoms with E-state index in [9.17, 15) is 14.7 Å². The van der Waals surface area contributed by atoms with Crippen LogP contribution in [0.25, 0.3) is 6.08 Å². The largest absolute Gasteiger partial charge is 0.493 e. The van der Waals surface area contributed by atoms with Gasteiger partial charge in [0, 0.05) is 23.5 Å². The van der Waals surface area contributed by atoms with Crippen LogP contribution in [0.3, 0.4) is 0 Å². The Morgan fingerprint density at radius 2 is 2.10 bits per heavy atom. The highest BCUT2D eigenvalue weighted by Crippen LogP contribution is 2.25. The molecule has 170 valence electrons. The quantitative estimate of drug-likeness (QED) is 0.282. The minimum atomic E-state index is -0.804. The average Bonchev–Trinajstić information content (AvgIpc) is 2.69. The van der Waals surface area contributed by atoms with Crippen LogP contribution >= 0.6 is 0 Å². The maximum Gasteiger partial charge on any atom is 0.251 e. The summed E-state index contributed by atoms with van der Waals surface area (Å²) in [4.78, 5) is 29.3. The van der Waals surface area contributed by atoms with Crippen LogP contribution in [0.2, 0.25) is 0 Å². The van der Waals surface area contributed by atoms with Gasteiger partial charge in [-0.2, -0.15) is 0 Å². The summed E-state index contributed by atoms with van der Waals surface area (Å²) in [7, 11) is 1.49. The number of nitrogens with zero attached hydrogens (tertiary/aromatic N) is 2. The van der Waals surface area contributed by atoms with Crippen LogP contribution in [0.1, 0.15) is 53.2 Å². The zero-order valence-electron chi connectivity index (χ0n) is 19.2. The van der Waals surface area contributed by atoms with Crippen molar-refractivity contribution in [3.05, 3.63) is 47.6 Å². The van der Waals surface area contributed by atoms with E-state index in [1.54, 1.807) is 51.3 Å². The fourth-order valence-electron chi connectivity index (χ4n) is 2.42. The number of hydrogen-bond acceptors (Lipinski definition) is 6. The Morgan fingerprint density at radius 3 is 2.65 bits per heavy atom. The third-order valence-electron chi connectivity index (χ3n) is 4.40. The molecule has 0 aliphatic carbocycles. The summed E-state index contributed by atoms with van der Waals surface area (Å²) in [6.45, 7) is 8.90. The van der Waals surface area contributed by atoms with Crippen molar-refractivity contribution in [3.63, 3.8) is 0 Å². The predicted octanol–water partition coefficient (Wildman–Crippen LogP) is 3.21. The molecule has 0 radical (unpaired) electrons. The van der Waals surface area contributed by atoms with Crippen LogP contribution < -0.4 is 15.8 Å². The van der Waals surface area contributed by atoms with Crippen molar-refractivity contribution >= 4 is 24.1 Å². The Balaban J connectivity index is 2.97. The third-order valence-corrected chi connectivity index (χ3v) is 4.40. The lowest BCUT2D eigenvalue weighted by molar-refractivity contribution is -0.117. The Labute approximate surface area is 184 Å². The molecule has 0 saturated heterocycles. The van der Waals surface area contributed by atoms with Gasteiger partial charge in [-0.1, -0.05) is 6.08 Å². The number of rotatable bonds is 11. The summed E-state index contributed by atoms with van der Waals surface area (Å²) >= 11 is 0. The van der Waals surface area contributed by atoms with Crippen LogP contribution in [0.15, 0.2) is 41.9 Å². The first kappa shape index (κ1) is 25.9. The second-order valence-electron chi connectivity index (χ2n) is 8.13. The topological polar surface area (TPSA) is 118 Å². The number of anilines is 1. The molecule has 0 aliphatic rings. The Morgan fingerprint density at radius 1 is 1.42 bits per heavy atom. The van der Waals surface area contributed by atoms with Gasteiger partial charge in [-0.3, -0.25) is 14.6 Å². The van der Waals surface area contributed by atoms with Crippen LogP contribution in [-0.4, -0.2) is 46.1 Å². The number of carbonyl (C=O) groups is 2. The lowest BCUT2D eigenvalue weighted by atomic mass is 10.0. The van der Waals surface area contributed by atoms with Gasteiger partial charge in [0.1, 0.15) is 0 Å². The van der Waals surface area contributed by atoms with Gasteiger partial charge in [0.15, 0.2) is 5.75 Å². The SMILES string of the molecule is COc1cnc(/C=C(\N)CCC(C)(C)O)cc1NC(=O)/C(C)=C/C=C\N(C=O)C(C)C. The van der Waals surface area contributed by atoms with E-state index in [2.05, 4.69) is 10.3 Å². The number of amides is 2. The molecule has 0 saturated carbocycles. The molecule has 8 heteroatoms. The van der Waals surface area contributed by atoms with Gasteiger partial charge >= 0.3 is 0 Å². The summed E-state index contributed by atoms with van der Waals surface area (Å²) < 4.78 is 5.29. The zero-order chi connectivity index (χ0) is 23.6. The maximum absolute atomic E-state index is 12.6. The van der Waals surface area contributed by atoms with Gasteiger partial charge < -0.3 is 25.8 Å². The van der Waals surface area contributed by atoms with Crippen molar-refractivity contribution < 1.29 is 19.4 Å². The molecule has 0 unspecified atom stereocenters. The van der Waals surface area contributed by atoms with Crippen LogP contribution in [-0.2, 0) is 9.59 Å². The van der Waals surface area contributed by atoms with E-state index in [4.69, 9.17) is 10.5 Å². The molecule has 1 aromatic heterocycles. The molecule has 0 atom stereocenters. The minimum Gasteiger partial charge on any atom is -0.493 e. The van der Waals surface area contributed by atoms with Crippen LogP contribution in [0, 0.1) is 0 Å². The summed E-state index contributed by atoms with van der Waals surface area (Å²) in [5.41, 5.74) is 7.27. The van der Waals surface area contributed by atoms with E-state index in [1.807, 2.05) is 13.8 Å². The number of aliphatic hydroxyl groups is 1. The molecule has 0 bridgehead atoms. The summed E-state index contributed by atoms with van der Waals surface area (Å²) in [5, 5.41) is 12.6. The molecule has 1 heterocycles. The van der Waals surface area contributed by atoms with Gasteiger partial charge in [-0.15, -0.1) is 0 Å². The molecule has 0 aliphatic heterocycles. The number of aromatic nitrogens is 1. The normalized spacial score (nSPS) is 12.9. The minimum absolute atomic E-state index is 0.0275. The van der Waals surface area contributed by atoms with Crippen molar-refractivity contribution in [1.82, 2.24) is 9.88 Å². The number of nitrogens with two attached hydrogens (primary N) is 1. The number of allylic oxidation sites excluding steroid dienone is 3. The van der Waals surface area contributed by atoms with Crippen molar-refractivity contribution in [2.45, 2.75) is 59.1 Å². The van der Waals surface area contributed by atoms with Crippen molar-refractivity contribution in [2.75, 3.05) is 12.4 Å². The zero-order valence-corrected chi connectivity index (χ0v) is 19.2. The first-order valence-corrected chi connectivity index (χ1v) is 10.1. The van der Waals surface area contributed by atoms with Gasteiger partial charge in [0.2, 0.25) is 6.41 Å². The van der Waals surface area contributed by atoms with Crippen molar-refractivity contribution in [3.8, 4) is 5.75 Å². The number of hydrogen-bond donors (Lipinski definition) is 3. The van der Waals surface area contributed by atoms with E-state index in [-0.39, 0.29) is 11.9 Å². The maximum atomic E-state index is 12.6. The number of carbonyl (C=O) groups excluding carboxylic acids is 2. The predicted molar refractivity (Wildman–Crippen MR) is 123 cm³/mol. The molecule has 4 N–H and O–H groups in total. The molecule has 0 spiro atoms. The van der Waals surface area contributed by atoms with Gasteiger partial charge in [0.05, 0.1) is 30.3 Å². The molecule has 31 heavy (non-hydrogen) atoms. The summed E-state index contributed by atoms with van der Waals surface area (Å²) in [6.07, 6.45) is 9.85. The lowest BCUT2D eigenvalue weighted by Gasteiger charge is -2.16. The second kappa shape index (κ2) is 11.9. The number of nitrogens with one attached hydrogen (secondary N) is 1. The number of methoxy groups -OCH3 is 1. The smallest absolute Gasteiger partial charge is 0.251 e. The fraction of sp³-hybridized carbons (Fsp3) is 0.435. The standard InChI is InChI=1S/C23H34N4O4/c1-16(2)27(15-28)11-7-8-17(3)22(29)26-20-13-19(25-14-21(20)31-6)12-18(24)9-10-23(4,5)30/h7-8,11-16,30H,9-10,24H2,1-6H3,(H,25,26,29)/b11-7-,17-8+,18-12-. The third kappa shape index (κ3) is 9.48. The van der Waals surface area contributed by atoms with Gasteiger partial charge in [0.25, 0.3) is 5.91 Å². The molecular formula is C23H34N4O4. The molecule has 1 aromatic rings. The molecule has 0 fully saturated rings. The van der Waals surface area contributed by atoms with Crippen LogP contribution in [0.5, 0.6) is 5.75 Å².